The summed E-state index contributed by atoms with van der Waals surface area (Å²) in [6.07, 6.45) is 1.83. The molecule has 0 aromatic carbocycles. The number of rotatable bonds is 0. The average molecular weight is 266 g/mol. The molecule has 2 aliphatic rings. The second-order valence-electron chi connectivity index (χ2n) is 5.50. The van der Waals surface area contributed by atoms with E-state index in [1.54, 1.807) is 6.07 Å². The number of alkyl halides is 3. The highest BCUT2D eigenvalue weighted by Gasteiger charge is 2.51. The van der Waals surface area contributed by atoms with Crippen LogP contribution in [0.4, 0.5) is 13.2 Å². The SMILES string of the molecule is N#Cc1cnc2c(c1C(F)(F)F)C1(CCCCC1)C2. The molecule has 1 aromatic heterocycles. The first-order chi connectivity index (χ1) is 8.98. The van der Waals surface area contributed by atoms with Gasteiger partial charge >= 0.3 is 6.18 Å². The van der Waals surface area contributed by atoms with Gasteiger partial charge < -0.3 is 0 Å². The lowest BCUT2D eigenvalue weighted by Crippen LogP contribution is -2.44. The summed E-state index contributed by atoms with van der Waals surface area (Å²) in [6.45, 7) is 0. The molecule has 0 aliphatic heterocycles. The molecular formula is C14H13F3N2. The largest absolute Gasteiger partial charge is 0.418 e. The van der Waals surface area contributed by atoms with E-state index < -0.39 is 11.7 Å². The Morgan fingerprint density at radius 3 is 2.47 bits per heavy atom. The fourth-order valence-electron chi connectivity index (χ4n) is 3.59. The van der Waals surface area contributed by atoms with Gasteiger partial charge in [0, 0.05) is 17.3 Å². The van der Waals surface area contributed by atoms with Gasteiger partial charge in [0.1, 0.15) is 6.07 Å². The third-order valence-corrected chi connectivity index (χ3v) is 4.41. The van der Waals surface area contributed by atoms with E-state index in [-0.39, 0.29) is 11.0 Å². The van der Waals surface area contributed by atoms with E-state index in [4.69, 9.17) is 5.26 Å². The molecule has 2 nitrogen and oxygen atoms in total. The number of fused-ring (bicyclic) bond motifs is 2. The van der Waals surface area contributed by atoms with Crippen LogP contribution in [0.1, 0.15) is 54.5 Å². The van der Waals surface area contributed by atoms with Crippen LogP contribution in [0.3, 0.4) is 0 Å². The zero-order valence-corrected chi connectivity index (χ0v) is 10.3. The summed E-state index contributed by atoms with van der Waals surface area (Å²) in [7, 11) is 0. The van der Waals surface area contributed by atoms with Crippen molar-refractivity contribution in [3.63, 3.8) is 0 Å². The molecule has 3 rings (SSSR count). The van der Waals surface area contributed by atoms with Crippen LogP contribution in [-0.2, 0) is 18.0 Å². The molecule has 1 spiro atoms. The summed E-state index contributed by atoms with van der Waals surface area (Å²) < 4.78 is 39.8. The predicted octanol–water partition coefficient (Wildman–Crippen LogP) is 3.73. The molecule has 19 heavy (non-hydrogen) atoms. The molecule has 100 valence electrons. The van der Waals surface area contributed by atoms with Crippen molar-refractivity contribution in [1.82, 2.24) is 4.98 Å². The van der Waals surface area contributed by atoms with Crippen LogP contribution in [0, 0.1) is 11.3 Å². The molecule has 0 radical (unpaired) electrons. The fraction of sp³-hybridized carbons (Fsp3) is 0.571. The minimum absolute atomic E-state index is 0.318. The van der Waals surface area contributed by atoms with Gasteiger partial charge in [-0.05, 0) is 24.8 Å². The van der Waals surface area contributed by atoms with Gasteiger partial charge in [-0.2, -0.15) is 18.4 Å². The van der Waals surface area contributed by atoms with Gasteiger partial charge in [0.15, 0.2) is 0 Å². The Bertz CT molecular complexity index is 563. The quantitative estimate of drug-likeness (QED) is 0.717. The number of halogens is 3. The molecule has 0 unspecified atom stereocenters. The lowest BCUT2D eigenvalue weighted by molar-refractivity contribution is -0.139. The Hall–Kier alpha value is -1.57. The van der Waals surface area contributed by atoms with Crippen molar-refractivity contribution in [2.24, 2.45) is 0 Å². The Labute approximate surface area is 109 Å². The van der Waals surface area contributed by atoms with Crippen LogP contribution in [0.5, 0.6) is 0 Å². The summed E-state index contributed by atoms with van der Waals surface area (Å²) in [5, 5.41) is 8.92. The molecule has 0 N–H and O–H groups in total. The number of nitrogens with zero attached hydrogens (tertiary/aromatic N) is 2. The Balaban J connectivity index is 2.18. The third-order valence-electron chi connectivity index (χ3n) is 4.41. The second kappa shape index (κ2) is 3.96. The molecule has 0 saturated heterocycles. The summed E-state index contributed by atoms with van der Waals surface area (Å²) in [5.41, 5.74) is -0.575. The number of nitriles is 1. The lowest BCUT2D eigenvalue weighted by atomic mass is 9.57. The summed E-state index contributed by atoms with van der Waals surface area (Å²) in [5.74, 6) is 0. The van der Waals surface area contributed by atoms with E-state index in [1.165, 1.54) is 0 Å². The van der Waals surface area contributed by atoms with Crippen molar-refractivity contribution in [3.8, 4) is 6.07 Å². The maximum Gasteiger partial charge on any atom is 0.418 e. The smallest absolute Gasteiger partial charge is 0.260 e. The van der Waals surface area contributed by atoms with E-state index in [0.717, 1.165) is 38.3 Å². The van der Waals surface area contributed by atoms with Crippen LogP contribution in [0.15, 0.2) is 6.20 Å². The van der Waals surface area contributed by atoms with Gasteiger partial charge in [-0.1, -0.05) is 19.3 Å². The zero-order chi connectivity index (χ0) is 13.7. The Morgan fingerprint density at radius 2 is 1.89 bits per heavy atom. The van der Waals surface area contributed by atoms with E-state index in [0.29, 0.717) is 17.7 Å². The number of hydrogen-bond donors (Lipinski definition) is 0. The van der Waals surface area contributed by atoms with Gasteiger partial charge in [-0.25, -0.2) is 0 Å². The Morgan fingerprint density at radius 1 is 1.21 bits per heavy atom. The standard InChI is InChI=1S/C14H13F3N2/c15-14(16,17)11-9(7-18)8-19-10-6-13(12(10)11)4-2-1-3-5-13/h8H,1-6H2. The van der Waals surface area contributed by atoms with Crippen LogP contribution < -0.4 is 0 Å². The predicted molar refractivity (Wildman–Crippen MR) is 62.4 cm³/mol. The van der Waals surface area contributed by atoms with Crippen LogP contribution >= 0.6 is 0 Å². The van der Waals surface area contributed by atoms with Crippen molar-refractivity contribution in [3.05, 3.63) is 28.6 Å². The molecule has 0 atom stereocenters. The van der Waals surface area contributed by atoms with E-state index in [2.05, 4.69) is 4.98 Å². The first-order valence-corrected chi connectivity index (χ1v) is 6.48. The highest BCUT2D eigenvalue weighted by molar-refractivity contribution is 5.54. The van der Waals surface area contributed by atoms with Crippen molar-refractivity contribution in [1.29, 1.82) is 5.26 Å². The van der Waals surface area contributed by atoms with Crippen LogP contribution in [0.2, 0.25) is 0 Å². The Kier molecular flexibility index (Phi) is 2.60. The number of hydrogen-bond acceptors (Lipinski definition) is 2. The van der Waals surface area contributed by atoms with E-state index in [1.807, 2.05) is 0 Å². The van der Waals surface area contributed by atoms with Crippen molar-refractivity contribution >= 4 is 0 Å². The molecular weight excluding hydrogens is 253 g/mol. The minimum atomic E-state index is -4.47. The van der Waals surface area contributed by atoms with Crippen LogP contribution in [-0.4, -0.2) is 4.98 Å². The molecule has 2 aliphatic carbocycles. The summed E-state index contributed by atoms with van der Waals surface area (Å²) in [6, 6.07) is 1.64. The maximum absolute atomic E-state index is 13.3. The van der Waals surface area contributed by atoms with Gasteiger partial charge in [0.05, 0.1) is 11.1 Å². The van der Waals surface area contributed by atoms with E-state index in [9.17, 15) is 13.2 Å². The lowest BCUT2D eigenvalue weighted by Gasteiger charge is -2.47. The minimum Gasteiger partial charge on any atom is -0.260 e. The fourth-order valence-corrected chi connectivity index (χ4v) is 3.59. The highest BCUT2D eigenvalue weighted by Crippen LogP contribution is 2.54. The molecule has 1 fully saturated rings. The van der Waals surface area contributed by atoms with Gasteiger partial charge in [-0.15, -0.1) is 0 Å². The van der Waals surface area contributed by atoms with Gasteiger partial charge in [-0.3, -0.25) is 4.98 Å². The molecule has 1 saturated carbocycles. The summed E-state index contributed by atoms with van der Waals surface area (Å²) in [4.78, 5) is 4.04. The summed E-state index contributed by atoms with van der Waals surface area (Å²) >= 11 is 0. The molecule has 1 heterocycles. The maximum atomic E-state index is 13.3. The first-order valence-electron chi connectivity index (χ1n) is 6.48. The number of aromatic nitrogens is 1. The van der Waals surface area contributed by atoms with Crippen molar-refractivity contribution < 1.29 is 13.2 Å². The molecule has 5 heteroatoms. The normalized spacial score (nSPS) is 20.5. The highest BCUT2D eigenvalue weighted by atomic mass is 19.4. The molecule has 1 aromatic rings. The van der Waals surface area contributed by atoms with Gasteiger partial charge in [0.25, 0.3) is 0 Å². The molecule has 0 bridgehead atoms. The van der Waals surface area contributed by atoms with Crippen molar-refractivity contribution in [2.75, 3.05) is 0 Å². The third kappa shape index (κ3) is 1.73. The first kappa shape index (κ1) is 12.5. The van der Waals surface area contributed by atoms with Gasteiger partial charge in [0.2, 0.25) is 0 Å². The van der Waals surface area contributed by atoms with Crippen LogP contribution in [0.25, 0.3) is 0 Å². The topological polar surface area (TPSA) is 36.7 Å². The van der Waals surface area contributed by atoms with E-state index >= 15 is 0 Å². The molecule has 0 amide bonds. The number of pyridine rings is 1. The average Bonchev–Trinajstić information content (AvgIpc) is 2.37. The monoisotopic (exact) mass is 266 g/mol. The second-order valence-corrected chi connectivity index (χ2v) is 5.50. The zero-order valence-electron chi connectivity index (χ0n) is 10.3. The van der Waals surface area contributed by atoms with Crippen molar-refractivity contribution in [2.45, 2.75) is 50.1 Å².